The summed E-state index contributed by atoms with van der Waals surface area (Å²) in [4.78, 5) is 22.1. The summed E-state index contributed by atoms with van der Waals surface area (Å²) >= 11 is 0. The maximum Gasteiger partial charge on any atom is 0.221 e. The first-order chi connectivity index (χ1) is 8.58. The number of primary amides is 1. The Hall–Kier alpha value is -1.69. The summed E-state index contributed by atoms with van der Waals surface area (Å²) < 4.78 is 0. The fraction of sp³-hybridized carbons (Fsp3) is 0.583. The summed E-state index contributed by atoms with van der Waals surface area (Å²) in [6, 6.07) is 1.90. The lowest BCUT2D eigenvalue weighted by Gasteiger charge is -2.15. The molecule has 0 aromatic carbocycles. The molecule has 6 nitrogen and oxygen atoms in total. The molecule has 1 aromatic rings. The van der Waals surface area contributed by atoms with Crippen LogP contribution in [0.1, 0.15) is 17.9 Å². The number of hydrogen-bond donors (Lipinski definition) is 2. The van der Waals surface area contributed by atoms with E-state index < -0.39 is 0 Å². The zero-order chi connectivity index (χ0) is 13.1. The molecule has 1 aliphatic heterocycles. The van der Waals surface area contributed by atoms with Crippen LogP contribution >= 0.6 is 0 Å². The number of carbonyl (C=O) groups excluding carboxylic acids is 1. The normalized spacial score (nSPS) is 20.0. The second-order valence-corrected chi connectivity index (χ2v) is 4.68. The van der Waals surface area contributed by atoms with E-state index in [1.807, 2.05) is 20.0 Å². The molecule has 0 saturated carbocycles. The lowest BCUT2D eigenvalue weighted by Crippen LogP contribution is -2.27. The molecule has 98 valence electrons. The van der Waals surface area contributed by atoms with Crippen LogP contribution in [0, 0.1) is 12.8 Å². The van der Waals surface area contributed by atoms with Crippen LogP contribution in [0.2, 0.25) is 0 Å². The van der Waals surface area contributed by atoms with E-state index in [0.717, 1.165) is 30.3 Å². The van der Waals surface area contributed by atoms with Gasteiger partial charge >= 0.3 is 0 Å². The third-order valence-corrected chi connectivity index (χ3v) is 3.20. The molecule has 0 radical (unpaired) electrons. The second kappa shape index (κ2) is 5.30. The summed E-state index contributed by atoms with van der Waals surface area (Å²) in [6.07, 6.45) is 0.833. The van der Waals surface area contributed by atoms with E-state index in [9.17, 15) is 4.79 Å². The largest absolute Gasteiger partial charge is 0.373 e. The van der Waals surface area contributed by atoms with Crippen LogP contribution in [0.25, 0.3) is 0 Å². The predicted molar refractivity (Wildman–Crippen MR) is 68.9 cm³/mol. The smallest absolute Gasteiger partial charge is 0.221 e. The van der Waals surface area contributed by atoms with Crippen molar-refractivity contribution in [2.24, 2.45) is 11.7 Å². The summed E-state index contributed by atoms with van der Waals surface area (Å²) in [7, 11) is 1.84. The van der Waals surface area contributed by atoms with Crippen LogP contribution in [0.15, 0.2) is 6.07 Å². The Bertz CT molecular complexity index is 448. The van der Waals surface area contributed by atoms with Gasteiger partial charge in [0.15, 0.2) is 0 Å². The van der Waals surface area contributed by atoms with E-state index in [1.165, 1.54) is 0 Å². The van der Waals surface area contributed by atoms with Gasteiger partial charge in [0.1, 0.15) is 11.6 Å². The topological polar surface area (TPSA) is 84.1 Å². The molecule has 2 heterocycles. The molecule has 1 aromatic heterocycles. The predicted octanol–water partition coefficient (Wildman–Crippen LogP) is 0.134. The number of likely N-dealkylation sites (tertiary alicyclic amines) is 1. The van der Waals surface area contributed by atoms with Gasteiger partial charge in [0, 0.05) is 25.4 Å². The third-order valence-electron chi connectivity index (χ3n) is 3.20. The van der Waals surface area contributed by atoms with E-state index >= 15 is 0 Å². The van der Waals surface area contributed by atoms with E-state index in [1.54, 1.807) is 0 Å². The first kappa shape index (κ1) is 12.8. The summed E-state index contributed by atoms with van der Waals surface area (Å²) in [5.74, 6) is 1.37. The fourth-order valence-corrected chi connectivity index (χ4v) is 2.24. The minimum absolute atomic E-state index is 0.0291. The Kier molecular flexibility index (Phi) is 3.76. The molecule has 1 saturated heterocycles. The van der Waals surface area contributed by atoms with Gasteiger partial charge in [-0.15, -0.1) is 0 Å². The minimum atomic E-state index is -0.210. The lowest BCUT2D eigenvalue weighted by molar-refractivity contribution is -0.121. The van der Waals surface area contributed by atoms with Gasteiger partial charge in [-0.05, 0) is 19.9 Å². The summed E-state index contributed by atoms with van der Waals surface area (Å²) in [6.45, 7) is 4.20. The molecule has 18 heavy (non-hydrogen) atoms. The maximum absolute atomic E-state index is 11.1. The highest BCUT2D eigenvalue weighted by Crippen LogP contribution is 2.17. The Morgan fingerprint density at radius 2 is 2.39 bits per heavy atom. The van der Waals surface area contributed by atoms with Crippen LogP contribution in [-0.2, 0) is 11.3 Å². The number of carbonyl (C=O) groups is 1. The Balaban J connectivity index is 2.02. The van der Waals surface area contributed by atoms with Crippen LogP contribution in [-0.4, -0.2) is 40.9 Å². The number of amides is 1. The molecule has 1 unspecified atom stereocenters. The van der Waals surface area contributed by atoms with Crippen molar-refractivity contribution in [3.8, 4) is 0 Å². The molecule has 1 fully saturated rings. The SMILES string of the molecule is CNc1cc(C)nc(CN2CCC(C(N)=O)C2)n1. The van der Waals surface area contributed by atoms with Crippen LogP contribution in [0.3, 0.4) is 0 Å². The van der Waals surface area contributed by atoms with Crippen molar-refractivity contribution < 1.29 is 4.79 Å². The van der Waals surface area contributed by atoms with Crippen molar-refractivity contribution in [2.75, 3.05) is 25.5 Å². The molecule has 0 aliphatic carbocycles. The Morgan fingerprint density at radius 1 is 1.61 bits per heavy atom. The maximum atomic E-state index is 11.1. The first-order valence-electron chi connectivity index (χ1n) is 6.12. The lowest BCUT2D eigenvalue weighted by atomic mass is 10.1. The summed E-state index contributed by atoms with van der Waals surface area (Å²) in [5.41, 5.74) is 6.26. The molecule has 1 aliphatic rings. The molecular weight excluding hydrogens is 230 g/mol. The quantitative estimate of drug-likeness (QED) is 0.792. The number of hydrogen-bond acceptors (Lipinski definition) is 5. The zero-order valence-corrected chi connectivity index (χ0v) is 10.8. The molecular formula is C12H19N5O. The van der Waals surface area contributed by atoms with E-state index in [2.05, 4.69) is 20.2 Å². The van der Waals surface area contributed by atoms with Crippen molar-refractivity contribution >= 4 is 11.7 Å². The number of rotatable bonds is 4. The number of nitrogens with one attached hydrogen (secondary N) is 1. The van der Waals surface area contributed by atoms with Gasteiger partial charge in [-0.2, -0.15) is 0 Å². The van der Waals surface area contributed by atoms with Gasteiger partial charge in [0.2, 0.25) is 5.91 Å². The average Bonchev–Trinajstić information content (AvgIpc) is 2.76. The van der Waals surface area contributed by atoms with Gasteiger partial charge in [0.05, 0.1) is 12.5 Å². The Morgan fingerprint density at radius 3 is 3.00 bits per heavy atom. The van der Waals surface area contributed by atoms with Crippen molar-refractivity contribution in [2.45, 2.75) is 19.9 Å². The second-order valence-electron chi connectivity index (χ2n) is 4.68. The van der Waals surface area contributed by atoms with Crippen molar-refractivity contribution in [1.82, 2.24) is 14.9 Å². The molecule has 2 rings (SSSR count). The van der Waals surface area contributed by atoms with Crippen LogP contribution < -0.4 is 11.1 Å². The van der Waals surface area contributed by atoms with Gasteiger partial charge in [-0.1, -0.05) is 0 Å². The zero-order valence-electron chi connectivity index (χ0n) is 10.8. The molecule has 3 N–H and O–H groups in total. The van der Waals surface area contributed by atoms with E-state index in [-0.39, 0.29) is 11.8 Å². The minimum Gasteiger partial charge on any atom is -0.373 e. The molecule has 0 spiro atoms. The first-order valence-corrected chi connectivity index (χ1v) is 6.12. The summed E-state index contributed by atoms with van der Waals surface area (Å²) in [5, 5.41) is 3.02. The molecule has 1 amide bonds. The number of aromatic nitrogens is 2. The molecule has 6 heteroatoms. The standard InChI is InChI=1S/C12H19N5O/c1-8-5-10(14-2)16-11(15-8)7-17-4-3-9(6-17)12(13)18/h5,9H,3-4,6-7H2,1-2H3,(H2,13,18)(H,14,15,16). The van der Waals surface area contributed by atoms with Crippen molar-refractivity contribution in [3.63, 3.8) is 0 Å². The van der Waals surface area contributed by atoms with Gasteiger partial charge in [-0.3, -0.25) is 9.69 Å². The van der Waals surface area contributed by atoms with Crippen LogP contribution in [0.5, 0.6) is 0 Å². The van der Waals surface area contributed by atoms with Crippen LogP contribution in [0.4, 0.5) is 5.82 Å². The number of aryl methyl sites for hydroxylation is 1. The average molecular weight is 249 g/mol. The van der Waals surface area contributed by atoms with E-state index in [0.29, 0.717) is 13.1 Å². The fourth-order valence-electron chi connectivity index (χ4n) is 2.24. The number of nitrogens with zero attached hydrogens (tertiary/aromatic N) is 3. The van der Waals surface area contributed by atoms with Gasteiger partial charge in [-0.25, -0.2) is 9.97 Å². The molecule has 0 bridgehead atoms. The highest BCUT2D eigenvalue weighted by atomic mass is 16.1. The van der Waals surface area contributed by atoms with E-state index in [4.69, 9.17) is 5.73 Å². The van der Waals surface area contributed by atoms with Gasteiger partial charge in [0.25, 0.3) is 0 Å². The third kappa shape index (κ3) is 2.95. The van der Waals surface area contributed by atoms with Crippen molar-refractivity contribution in [1.29, 1.82) is 0 Å². The monoisotopic (exact) mass is 249 g/mol. The van der Waals surface area contributed by atoms with Gasteiger partial charge < -0.3 is 11.1 Å². The highest BCUT2D eigenvalue weighted by Gasteiger charge is 2.26. The number of anilines is 1. The number of nitrogens with two attached hydrogens (primary N) is 1. The Labute approximate surface area is 107 Å². The van der Waals surface area contributed by atoms with Crippen molar-refractivity contribution in [3.05, 3.63) is 17.6 Å². The highest BCUT2D eigenvalue weighted by molar-refractivity contribution is 5.77. The molecule has 1 atom stereocenters.